The Morgan fingerprint density at radius 1 is 1.00 bits per heavy atom. The third kappa shape index (κ3) is 4.23. The molecule has 0 saturated carbocycles. The van der Waals surface area contributed by atoms with E-state index in [1.165, 1.54) is 26.6 Å². The van der Waals surface area contributed by atoms with Gasteiger partial charge in [0.25, 0.3) is 0 Å². The van der Waals surface area contributed by atoms with Gasteiger partial charge in [-0.15, -0.1) is 0 Å². The van der Waals surface area contributed by atoms with Crippen molar-refractivity contribution in [3.8, 4) is 23.0 Å². The molecule has 3 aromatic rings. The normalized spacial score (nSPS) is 12.1. The predicted molar refractivity (Wildman–Crippen MR) is 117 cm³/mol. The second-order valence-electron chi connectivity index (χ2n) is 6.47. The molecule has 11 nitrogen and oxygen atoms in total. The Hall–Kier alpha value is -3.99. The van der Waals surface area contributed by atoms with Gasteiger partial charge in [0, 0.05) is 17.8 Å². The van der Waals surface area contributed by atoms with Gasteiger partial charge in [-0.2, -0.15) is 0 Å². The molecule has 166 valence electrons. The topological polar surface area (TPSA) is 130 Å². The van der Waals surface area contributed by atoms with E-state index < -0.39 is 4.92 Å². The fourth-order valence-corrected chi connectivity index (χ4v) is 3.32. The Labute approximate surface area is 187 Å². The van der Waals surface area contributed by atoms with Crippen LogP contribution < -0.4 is 29.6 Å². The molecule has 1 aliphatic rings. The number of benzene rings is 2. The molecular weight excluding hydrogens is 442 g/mol. The summed E-state index contributed by atoms with van der Waals surface area (Å²) in [6.07, 6.45) is 1.20. The van der Waals surface area contributed by atoms with Gasteiger partial charge in [-0.1, -0.05) is 11.6 Å². The van der Waals surface area contributed by atoms with E-state index >= 15 is 0 Å². The van der Waals surface area contributed by atoms with Crippen LogP contribution in [0.25, 0.3) is 0 Å². The standard InChI is InChI=1S/C20H18ClN5O6/c1-29-15-9-16(30-2)13(8-12(15)21)25-20-18(26(27)28)19(22-10-23-20)24-11-3-4-14-17(7-11)32-6-5-31-14/h3-4,7-10H,5-6H2,1-2H3,(H2,22,23,24,25). The second-order valence-corrected chi connectivity index (χ2v) is 6.88. The Balaban J connectivity index is 1.69. The van der Waals surface area contributed by atoms with E-state index in [1.807, 2.05) is 0 Å². The first kappa shape index (κ1) is 21.2. The molecule has 0 saturated heterocycles. The highest BCUT2D eigenvalue weighted by Gasteiger charge is 2.25. The van der Waals surface area contributed by atoms with Gasteiger partial charge in [-0.25, -0.2) is 9.97 Å². The van der Waals surface area contributed by atoms with Crippen molar-refractivity contribution >= 4 is 40.3 Å². The average Bonchev–Trinajstić information content (AvgIpc) is 2.79. The molecule has 12 heteroatoms. The molecule has 0 atom stereocenters. The number of methoxy groups -OCH3 is 2. The van der Waals surface area contributed by atoms with E-state index in [2.05, 4.69) is 20.6 Å². The van der Waals surface area contributed by atoms with Crippen LogP contribution >= 0.6 is 11.6 Å². The lowest BCUT2D eigenvalue weighted by atomic mass is 10.2. The quantitative estimate of drug-likeness (QED) is 0.389. The van der Waals surface area contributed by atoms with Gasteiger partial charge in [0.05, 0.1) is 29.9 Å². The van der Waals surface area contributed by atoms with Crippen LogP contribution in [0.2, 0.25) is 5.02 Å². The van der Waals surface area contributed by atoms with E-state index in [4.69, 9.17) is 30.5 Å². The molecule has 0 fully saturated rings. The number of aromatic nitrogens is 2. The summed E-state index contributed by atoms with van der Waals surface area (Å²) in [5, 5.41) is 18.0. The maximum absolute atomic E-state index is 11.9. The van der Waals surface area contributed by atoms with Gasteiger partial charge in [0.1, 0.15) is 31.0 Å². The Bertz CT molecular complexity index is 1180. The van der Waals surface area contributed by atoms with Crippen molar-refractivity contribution in [2.75, 3.05) is 38.1 Å². The molecule has 2 N–H and O–H groups in total. The zero-order valence-corrected chi connectivity index (χ0v) is 17.8. The molecule has 0 amide bonds. The summed E-state index contributed by atoms with van der Waals surface area (Å²) in [5.41, 5.74) is 0.536. The van der Waals surface area contributed by atoms with Gasteiger partial charge < -0.3 is 29.6 Å². The van der Waals surface area contributed by atoms with E-state index in [-0.39, 0.29) is 17.3 Å². The van der Waals surface area contributed by atoms with Crippen LogP contribution in [0.1, 0.15) is 0 Å². The number of anilines is 4. The Morgan fingerprint density at radius 2 is 1.69 bits per heavy atom. The fourth-order valence-electron chi connectivity index (χ4n) is 3.08. The van der Waals surface area contributed by atoms with Crippen LogP contribution in [-0.4, -0.2) is 42.3 Å². The summed E-state index contributed by atoms with van der Waals surface area (Å²) >= 11 is 6.20. The highest BCUT2D eigenvalue weighted by atomic mass is 35.5. The number of rotatable bonds is 7. The van der Waals surface area contributed by atoms with Crippen molar-refractivity contribution in [1.29, 1.82) is 0 Å². The highest BCUT2D eigenvalue weighted by Crippen LogP contribution is 2.40. The van der Waals surface area contributed by atoms with Crippen molar-refractivity contribution in [2.24, 2.45) is 0 Å². The third-order valence-electron chi connectivity index (χ3n) is 4.54. The summed E-state index contributed by atoms with van der Waals surface area (Å²) < 4.78 is 21.6. The summed E-state index contributed by atoms with van der Waals surface area (Å²) in [6, 6.07) is 8.19. The maximum Gasteiger partial charge on any atom is 0.353 e. The molecule has 0 aliphatic carbocycles. The first-order chi connectivity index (χ1) is 15.5. The summed E-state index contributed by atoms with van der Waals surface area (Å²) in [5.74, 6) is 1.83. The monoisotopic (exact) mass is 459 g/mol. The number of nitro groups is 1. The number of nitrogens with one attached hydrogen (secondary N) is 2. The fraction of sp³-hybridized carbons (Fsp3) is 0.200. The number of nitrogens with zero attached hydrogens (tertiary/aromatic N) is 3. The van der Waals surface area contributed by atoms with Gasteiger partial charge in [-0.3, -0.25) is 10.1 Å². The molecule has 1 aromatic heterocycles. The molecule has 0 radical (unpaired) electrons. The first-order valence-corrected chi connectivity index (χ1v) is 9.72. The lowest BCUT2D eigenvalue weighted by Crippen LogP contribution is -2.15. The molecule has 0 bridgehead atoms. The van der Waals surface area contributed by atoms with E-state index in [1.54, 1.807) is 24.3 Å². The second kappa shape index (κ2) is 9.02. The minimum absolute atomic E-state index is 0.0113. The number of halogens is 1. The zero-order valence-electron chi connectivity index (χ0n) is 17.0. The molecule has 4 rings (SSSR count). The minimum atomic E-state index is -0.583. The Kier molecular flexibility index (Phi) is 5.99. The molecule has 0 unspecified atom stereocenters. The predicted octanol–water partition coefficient (Wildman–Crippen LogP) is 4.31. The molecule has 2 aromatic carbocycles. The lowest BCUT2D eigenvalue weighted by Gasteiger charge is -2.19. The largest absolute Gasteiger partial charge is 0.495 e. The molecular formula is C20H18ClN5O6. The van der Waals surface area contributed by atoms with Gasteiger partial charge in [-0.05, 0) is 18.2 Å². The van der Waals surface area contributed by atoms with Crippen molar-refractivity contribution < 1.29 is 23.9 Å². The maximum atomic E-state index is 11.9. The molecule has 0 spiro atoms. The lowest BCUT2D eigenvalue weighted by molar-refractivity contribution is -0.383. The molecule has 2 heterocycles. The Morgan fingerprint density at radius 3 is 2.38 bits per heavy atom. The summed E-state index contributed by atoms with van der Waals surface area (Å²) in [7, 11) is 2.93. The third-order valence-corrected chi connectivity index (χ3v) is 4.83. The van der Waals surface area contributed by atoms with Crippen molar-refractivity contribution in [1.82, 2.24) is 9.97 Å². The van der Waals surface area contributed by atoms with Crippen LogP contribution in [0.3, 0.4) is 0 Å². The molecule has 32 heavy (non-hydrogen) atoms. The zero-order chi connectivity index (χ0) is 22.7. The van der Waals surface area contributed by atoms with Gasteiger partial charge in [0.2, 0.25) is 11.6 Å². The smallest absolute Gasteiger partial charge is 0.353 e. The minimum Gasteiger partial charge on any atom is -0.495 e. The van der Waals surface area contributed by atoms with Crippen molar-refractivity contribution in [3.63, 3.8) is 0 Å². The summed E-state index contributed by atoms with van der Waals surface area (Å²) in [6.45, 7) is 0.884. The number of hydrogen-bond acceptors (Lipinski definition) is 10. The number of fused-ring (bicyclic) bond motifs is 1. The van der Waals surface area contributed by atoms with Crippen LogP contribution in [-0.2, 0) is 0 Å². The summed E-state index contributed by atoms with van der Waals surface area (Å²) in [4.78, 5) is 19.4. The van der Waals surface area contributed by atoms with Crippen LogP contribution in [0.4, 0.5) is 28.7 Å². The van der Waals surface area contributed by atoms with Gasteiger partial charge in [0.15, 0.2) is 11.5 Å². The number of hydrogen-bond donors (Lipinski definition) is 2. The first-order valence-electron chi connectivity index (χ1n) is 9.34. The molecule has 1 aliphatic heterocycles. The number of ether oxygens (including phenoxy) is 4. The van der Waals surface area contributed by atoms with E-state index in [0.29, 0.717) is 52.6 Å². The highest BCUT2D eigenvalue weighted by molar-refractivity contribution is 6.32. The van der Waals surface area contributed by atoms with Crippen LogP contribution in [0.15, 0.2) is 36.7 Å². The van der Waals surface area contributed by atoms with Gasteiger partial charge >= 0.3 is 5.69 Å². The van der Waals surface area contributed by atoms with Crippen molar-refractivity contribution in [3.05, 3.63) is 51.8 Å². The van der Waals surface area contributed by atoms with E-state index in [9.17, 15) is 10.1 Å². The SMILES string of the molecule is COc1cc(OC)c(Nc2ncnc(Nc3ccc4c(c3)OCCO4)c2[N+](=O)[O-])cc1Cl. The van der Waals surface area contributed by atoms with Crippen molar-refractivity contribution in [2.45, 2.75) is 0 Å². The van der Waals surface area contributed by atoms with E-state index in [0.717, 1.165) is 0 Å². The average molecular weight is 460 g/mol. The van der Waals surface area contributed by atoms with Crippen LogP contribution in [0.5, 0.6) is 23.0 Å². The van der Waals surface area contributed by atoms with Crippen LogP contribution in [0, 0.1) is 10.1 Å².